The number of nitrogens with two attached hydrogens (primary N) is 2. The number of unbranched alkanes of at least 4 members (excludes halogenated alkanes) is 4. The van der Waals surface area contributed by atoms with Gasteiger partial charge in [0.1, 0.15) is 0 Å². The molecule has 2 aromatic heterocycles. The molecular formula is C25H34BrN9O2. The molecule has 0 unspecified atom stereocenters. The lowest BCUT2D eigenvalue weighted by atomic mass is 10.1. The molecule has 1 aromatic carbocycles. The summed E-state index contributed by atoms with van der Waals surface area (Å²) >= 11 is 3.12. The SMILES string of the molecule is CN(Cc1cnc2nc(N)nc(N)c2n1)c1cccc(CNC(=O)CCCCCCCNC(=O)CBr)c1. The maximum Gasteiger partial charge on any atom is 0.230 e. The quantitative estimate of drug-likeness (QED) is 0.168. The van der Waals surface area contributed by atoms with Crippen molar-refractivity contribution < 1.29 is 9.59 Å². The average Bonchev–Trinajstić information content (AvgIpc) is 2.89. The van der Waals surface area contributed by atoms with Gasteiger partial charge in [0.15, 0.2) is 17.0 Å². The number of carbonyl (C=O) groups excluding carboxylic acids is 2. The van der Waals surface area contributed by atoms with Crippen LogP contribution in [0.15, 0.2) is 30.5 Å². The second-order valence-electron chi connectivity index (χ2n) is 8.80. The summed E-state index contributed by atoms with van der Waals surface area (Å²) < 4.78 is 0. The van der Waals surface area contributed by atoms with E-state index in [4.69, 9.17) is 11.5 Å². The van der Waals surface area contributed by atoms with E-state index in [0.717, 1.165) is 49.0 Å². The van der Waals surface area contributed by atoms with Crippen LogP contribution in [-0.2, 0) is 22.7 Å². The van der Waals surface area contributed by atoms with Gasteiger partial charge in [-0.15, -0.1) is 0 Å². The smallest absolute Gasteiger partial charge is 0.230 e. The van der Waals surface area contributed by atoms with Crippen LogP contribution in [0, 0.1) is 0 Å². The zero-order valence-corrected chi connectivity index (χ0v) is 22.6. The maximum absolute atomic E-state index is 12.3. The number of aromatic nitrogens is 4. The Morgan fingerprint density at radius 1 is 1.00 bits per heavy atom. The molecule has 2 amide bonds. The summed E-state index contributed by atoms with van der Waals surface area (Å²) in [6, 6.07) is 8.00. The Hall–Kier alpha value is -3.54. The van der Waals surface area contributed by atoms with Crippen molar-refractivity contribution in [2.24, 2.45) is 0 Å². The number of halogens is 1. The third-order valence-corrected chi connectivity index (χ3v) is 6.27. The van der Waals surface area contributed by atoms with Crippen LogP contribution in [0.4, 0.5) is 17.5 Å². The van der Waals surface area contributed by atoms with Crippen LogP contribution in [0.5, 0.6) is 0 Å². The molecule has 0 radical (unpaired) electrons. The normalized spacial score (nSPS) is 10.9. The number of fused-ring (bicyclic) bond motifs is 1. The first-order valence-corrected chi connectivity index (χ1v) is 13.4. The number of nitrogen functional groups attached to an aromatic ring is 2. The Bertz CT molecular complexity index is 1210. The number of benzene rings is 1. The Labute approximate surface area is 225 Å². The van der Waals surface area contributed by atoms with Crippen molar-refractivity contribution in [1.29, 1.82) is 0 Å². The molecule has 0 aliphatic carbocycles. The zero-order valence-electron chi connectivity index (χ0n) is 21.0. The van der Waals surface area contributed by atoms with E-state index in [0.29, 0.717) is 42.5 Å². The van der Waals surface area contributed by atoms with Gasteiger partial charge in [0, 0.05) is 32.2 Å². The van der Waals surface area contributed by atoms with Gasteiger partial charge in [0.2, 0.25) is 17.8 Å². The summed E-state index contributed by atoms with van der Waals surface area (Å²) in [4.78, 5) is 42.3. The summed E-state index contributed by atoms with van der Waals surface area (Å²) in [5, 5.41) is 6.18. The Morgan fingerprint density at radius 3 is 2.59 bits per heavy atom. The Balaban J connectivity index is 1.40. The fourth-order valence-electron chi connectivity index (χ4n) is 3.80. The molecule has 0 bridgehead atoms. The van der Waals surface area contributed by atoms with E-state index >= 15 is 0 Å². The van der Waals surface area contributed by atoms with Gasteiger partial charge < -0.3 is 27.0 Å². The van der Waals surface area contributed by atoms with Gasteiger partial charge in [-0.2, -0.15) is 9.97 Å². The minimum atomic E-state index is 0.0144. The van der Waals surface area contributed by atoms with Gasteiger partial charge >= 0.3 is 0 Å². The number of hydrogen-bond donors (Lipinski definition) is 4. The molecule has 37 heavy (non-hydrogen) atoms. The van der Waals surface area contributed by atoms with Crippen LogP contribution in [0.25, 0.3) is 11.2 Å². The highest BCUT2D eigenvalue weighted by atomic mass is 79.9. The molecule has 198 valence electrons. The highest BCUT2D eigenvalue weighted by molar-refractivity contribution is 9.09. The highest BCUT2D eigenvalue weighted by Gasteiger charge is 2.10. The van der Waals surface area contributed by atoms with E-state index in [1.165, 1.54) is 0 Å². The number of nitrogens with one attached hydrogen (secondary N) is 2. The molecule has 2 heterocycles. The van der Waals surface area contributed by atoms with Crippen molar-refractivity contribution in [3.05, 3.63) is 41.7 Å². The molecule has 0 spiro atoms. The fourth-order valence-corrected chi connectivity index (χ4v) is 4.00. The van der Waals surface area contributed by atoms with Crippen molar-refractivity contribution in [2.75, 3.05) is 35.3 Å². The number of anilines is 3. The lowest BCUT2D eigenvalue weighted by Crippen LogP contribution is -2.25. The minimum Gasteiger partial charge on any atom is -0.382 e. The predicted octanol–water partition coefficient (Wildman–Crippen LogP) is 2.69. The second-order valence-corrected chi connectivity index (χ2v) is 9.37. The van der Waals surface area contributed by atoms with Crippen LogP contribution in [0.3, 0.4) is 0 Å². The number of amides is 2. The molecule has 3 rings (SSSR count). The van der Waals surface area contributed by atoms with E-state index in [-0.39, 0.29) is 23.6 Å². The zero-order chi connectivity index (χ0) is 26.6. The van der Waals surface area contributed by atoms with E-state index in [1.807, 2.05) is 36.2 Å². The second kappa shape index (κ2) is 14.3. The van der Waals surface area contributed by atoms with Crippen molar-refractivity contribution in [3.63, 3.8) is 0 Å². The van der Waals surface area contributed by atoms with Crippen molar-refractivity contribution >= 4 is 56.4 Å². The van der Waals surface area contributed by atoms with Crippen LogP contribution < -0.4 is 27.0 Å². The minimum absolute atomic E-state index is 0.0144. The molecule has 6 N–H and O–H groups in total. The van der Waals surface area contributed by atoms with Crippen molar-refractivity contribution in [3.8, 4) is 0 Å². The summed E-state index contributed by atoms with van der Waals surface area (Å²) in [6.07, 6.45) is 7.09. The Kier molecular flexibility index (Phi) is 10.8. The lowest BCUT2D eigenvalue weighted by molar-refractivity contribution is -0.121. The van der Waals surface area contributed by atoms with Gasteiger partial charge in [0.25, 0.3) is 0 Å². The standard InChI is InChI=1S/C25H34BrN9O2/c1-35(16-18-15-31-24-22(32-18)23(27)33-25(28)34-24)19-9-7-8-17(12-19)14-30-20(36)10-5-3-2-4-6-11-29-21(37)13-26/h7-9,12,15H,2-6,10-11,13-14,16H2,1H3,(H,29,37)(H,30,36)(H4,27,28,31,33,34). The molecule has 3 aromatic rings. The first kappa shape index (κ1) is 28.0. The first-order chi connectivity index (χ1) is 17.9. The number of rotatable bonds is 14. The van der Waals surface area contributed by atoms with Gasteiger partial charge in [0.05, 0.1) is 23.8 Å². The molecule has 0 saturated carbocycles. The molecule has 11 nitrogen and oxygen atoms in total. The third-order valence-electron chi connectivity index (χ3n) is 5.77. The maximum atomic E-state index is 12.3. The summed E-state index contributed by atoms with van der Waals surface area (Å²) in [5.41, 5.74) is 15.1. The van der Waals surface area contributed by atoms with Gasteiger partial charge in [-0.3, -0.25) is 9.59 Å². The molecule has 12 heteroatoms. The highest BCUT2D eigenvalue weighted by Crippen LogP contribution is 2.19. The lowest BCUT2D eigenvalue weighted by Gasteiger charge is -2.20. The number of carbonyl (C=O) groups is 2. The van der Waals surface area contributed by atoms with Gasteiger partial charge in [-0.25, -0.2) is 9.97 Å². The van der Waals surface area contributed by atoms with E-state index < -0.39 is 0 Å². The summed E-state index contributed by atoms with van der Waals surface area (Å²) in [6.45, 7) is 1.68. The molecule has 0 aliphatic heterocycles. The predicted molar refractivity (Wildman–Crippen MR) is 149 cm³/mol. The van der Waals surface area contributed by atoms with E-state index in [9.17, 15) is 9.59 Å². The number of nitrogens with zero attached hydrogens (tertiary/aromatic N) is 5. The number of hydrogen-bond acceptors (Lipinski definition) is 9. The van der Waals surface area contributed by atoms with Crippen molar-refractivity contribution in [2.45, 2.75) is 51.6 Å². The van der Waals surface area contributed by atoms with E-state index in [1.54, 1.807) is 6.20 Å². The molecular weight excluding hydrogens is 538 g/mol. The summed E-state index contributed by atoms with van der Waals surface area (Å²) in [7, 11) is 1.96. The fraction of sp³-hybridized carbons (Fsp3) is 0.440. The summed E-state index contributed by atoms with van der Waals surface area (Å²) in [5.74, 6) is 0.334. The Morgan fingerprint density at radius 2 is 1.78 bits per heavy atom. The van der Waals surface area contributed by atoms with Crippen LogP contribution in [-0.4, -0.2) is 50.7 Å². The molecule has 0 fully saturated rings. The van der Waals surface area contributed by atoms with E-state index in [2.05, 4.69) is 46.5 Å². The molecule has 0 atom stereocenters. The first-order valence-electron chi connectivity index (χ1n) is 12.3. The van der Waals surface area contributed by atoms with Crippen LogP contribution >= 0.6 is 15.9 Å². The van der Waals surface area contributed by atoms with Gasteiger partial charge in [-0.1, -0.05) is 47.3 Å². The average molecular weight is 573 g/mol. The van der Waals surface area contributed by atoms with Crippen LogP contribution in [0.2, 0.25) is 0 Å². The van der Waals surface area contributed by atoms with Crippen molar-refractivity contribution in [1.82, 2.24) is 30.6 Å². The largest absolute Gasteiger partial charge is 0.382 e. The number of alkyl halides is 1. The van der Waals surface area contributed by atoms with Gasteiger partial charge in [-0.05, 0) is 30.5 Å². The molecule has 0 saturated heterocycles. The molecule has 0 aliphatic rings. The third kappa shape index (κ3) is 9.12. The van der Waals surface area contributed by atoms with Crippen LogP contribution in [0.1, 0.15) is 49.8 Å². The monoisotopic (exact) mass is 571 g/mol. The topological polar surface area (TPSA) is 165 Å².